The lowest BCUT2D eigenvalue weighted by Gasteiger charge is -2.35. The highest BCUT2D eigenvalue weighted by molar-refractivity contribution is 6.03. The monoisotopic (exact) mass is 336 g/mol. The molecule has 0 unspecified atom stereocenters. The number of urea groups is 1. The number of allylic oxidation sites excluding steroid dienone is 1. The molecule has 0 saturated heterocycles. The van der Waals surface area contributed by atoms with Gasteiger partial charge in [-0.25, -0.2) is 9.59 Å². The Labute approximate surface area is 146 Å². The summed E-state index contributed by atoms with van der Waals surface area (Å²) in [5.74, 6) is -0.455. The highest BCUT2D eigenvalue weighted by Crippen LogP contribution is 2.33. The summed E-state index contributed by atoms with van der Waals surface area (Å²) in [6.07, 6.45) is 0. The van der Waals surface area contributed by atoms with Crippen molar-refractivity contribution >= 4 is 17.7 Å². The molecule has 2 amide bonds. The molecule has 5 nitrogen and oxygen atoms in total. The van der Waals surface area contributed by atoms with Crippen molar-refractivity contribution in [2.45, 2.75) is 19.9 Å². The first-order chi connectivity index (χ1) is 12.0. The summed E-state index contributed by atoms with van der Waals surface area (Å²) in [6, 6.07) is 16.1. The van der Waals surface area contributed by atoms with E-state index in [1.807, 2.05) is 61.5 Å². The number of carbonyl (C=O) groups excluding carboxylic acids is 2. The first-order valence-corrected chi connectivity index (χ1v) is 8.04. The van der Waals surface area contributed by atoms with Crippen LogP contribution in [0.15, 0.2) is 65.9 Å². The quantitative estimate of drug-likeness (QED) is 0.869. The maximum Gasteiger partial charge on any atom is 0.337 e. The second-order valence-electron chi connectivity index (χ2n) is 5.95. The highest BCUT2D eigenvalue weighted by Gasteiger charge is 2.36. The second-order valence-corrected chi connectivity index (χ2v) is 5.95. The lowest BCUT2D eigenvalue weighted by Crippen LogP contribution is -2.48. The van der Waals surface area contributed by atoms with Crippen LogP contribution >= 0.6 is 0 Å². The van der Waals surface area contributed by atoms with Gasteiger partial charge in [0.15, 0.2) is 0 Å². The van der Waals surface area contributed by atoms with Crippen LogP contribution in [0.1, 0.15) is 24.1 Å². The summed E-state index contributed by atoms with van der Waals surface area (Å²) in [4.78, 5) is 26.7. The van der Waals surface area contributed by atoms with Crippen LogP contribution in [-0.4, -0.2) is 19.1 Å². The van der Waals surface area contributed by atoms with Gasteiger partial charge in [-0.15, -0.1) is 0 Å². The zero-order valence-corrected chi connectivity index (χ0v) is 14.4. The van der Waals surface area contributed by atoms with Crippen molar-refractivity contribution in [1.82, 2.24) is 5.32 Å². The first kappa shape index (κ1) is 16.8. The Bertz CT molecular complexity index is 826. The molecule has 5 heteroatoms. The molecule has 0 saturated carbocycles. The van der Waals surface area contributed by atoms with Gasteiger partial charge in [0, 0.05) is 5.70 Å². The Kier molecular flexibility index (Phi) is 4.57. The number of aryl methyl sites for hydroxylation is 1. The van der Waals surface area contributed by atoms with Crippen LogP contribution in [0.5, 0.6) is 0 Å². The van der Waals surface area contributed by atoms with Gasteiger partial charge in [0.25, 0.3) is 0 Å². The Morgan fingerprint density at radius 3 is 2.28 bits per heavy atom. The van der Waals surface area contributed by atoms with Gasteiger partial charge in [0.1, 0.15) is 0 Å². The van der Waals surface area contributed by atoms with Gasteiger partial charge in [-0.3, -0.25) is 4.90 Å². The molecule has 1 atom stereocenters. The Balaban J connectivity index is 2.12. The number of esters is 1. The number of carbonyl (C=O) groups is 2. The fourth-order valence-corrected chi connectivity index (χ4v) is 3.02. The number of rotatable bonds is 3. The second kappa shape index (κ2) is 6.81. The van der Waals surface area contributed by atoms with E-state index in [9.17, 15) is 9.59 Å². The Morgan fingerprint density at radius 1 is 1.04 bits per heavy atom. The van der Waals surface area contributed by atoms with E-state index in [1.54, 1.807) is 6.92 Å². The molecule has 0 bridgehead atoms. The van der Waals surface area contributed by atoms with Gasteiger partial charge in [0.05, 0.1) is 24.4 Å². The van der Waals surface area contributed by atoms with Crippen molar-refractivity contribution in [3.8, 4) is 0 Å². The lowest BCUT2D eigenvalue weighted by atomic mass is 9.94. The van der Waals surface area contributed by atoms with Crippen molar-refractivity contribution in [1.29, 1.82) is 0 Å². The minimum Gasteiger partial charge on any atom is -0.466 e. The van der Waals surface area contributed by atoms with E-state index in [0.717, 1.165) is 11.1 Å². The van der Waals surface area contributed by atoms with Crippen molar-refractivity contribution in [2.75, 3.05) is 12.0 Å². The van der Waals surface area contributed by atoms with E-state index in [0.29, 0.717) is 17.0 Å². The number of amides is 2. The number of hydrogen-bond donors (Lipinski definition) is 1. The SMILES string of the molecule is COC(=O)C1=C(C)N(c2ccc(C)cc2)C(=O)N[C@H]1c1ccccc1. The minimum absolute atomic E-state index is 0.275. The molecule has 1 aliphatic rings. The van der Waals surface area contributed by atoms with Gasteiger partial charge in [-0.2, -0.15) is 0 Å². The predicted octanol–water partition coefficient (Wildman–Crippen LogP) is 3.71. The average Bonchev–Trinajstić information content (AvgIpc) is 2.63. The molecule has 1 N–H and O–H groups in total. The molecule has 1 heterocycles. The Morgan fingerprint density at radius 2 is 1.68 bits per heavy atom. The zero-order valence-electron chi connectivity index (χ0n) is 14.4. The number of methoxy groups -OCH3 is 1. The third kappa shape index (κ3) is 3.13. The van der Waals surface area contributed by atoms with Crippen molar-refractivity contribution < 1.29 is 14.3 Å². The molecule has 1 aliphatic heterocycles. The molecule has 2 aromatic carbocycles. The smallest absolute Gasteiger partial charge is 0.337 e. The third-order valence-electron chi connectivity index (χ3n) is 4.32. The van der Waals surface area contributed by atoms with Crippen LogP contribution < -0.4 is 10.2 Å². The molecule has 0 spiro atoms. The van der Waals surface area contributed by atoms with E-state index in [1.165, 1.54) is 12.0 Å². The van der Waals surface area contributed by atoms with E-state index in [4.69, 9.17) is 4.74 Å². The molecule has 3 rings (SSSR count). The maximum absolute atomic E-state index is 12.8. The molecule has 2 aromatic rings. The number of benzene rings is 2. The molecular formula is C20H20N2O3. The normalized spacial score (nSPS) is 17.3. The molecule has 25 heavy (non-hydrogen) atoms. The van der Waals surface area contributed by atoms with Crippen molar-refractivity contribution in [3.05, 3.63) is 77.0 Å². The van der Waals surface area contributed by atoms with Gasteiger partial charge in [-0.1, -0.05) is 48.0 Å². The first-order valence-electron chi connectivity index (χ1n) is 8.04. The van der Waals surface area contributed by atoms with Crippen LogP contribution in [0.3, 0.4) is 0 Å². The van der Waals surface area contributed by atoms with Crippen LogP contribution in [0, 0.1) is 6.92 Å². The standard InChI is InChI=1S/C20H20N2O3/c1-13-9-11-16(12-10-13)22-14(2)17(19(23)25-3)18(21-20(22)24)15-7-5-4-6-8-15/h4-12,18H,1-3H3,(H,21,24)/t18-/m0/s1. The maximum atomic E-state index is 12.8. The van der Waals surface area contributed by atoms with Gasteiger partial charge < -0.3 is 10.1 Å². The molecule has 0 fully saturated rings. The van der Waals surface area contributed by atoms with Crippen LogP contribution in [0.25, 0.3) is 0 Å². The lowest BCUT2D eigenvalue weighted by molar-refractivity contribution is -0.136. The third-order valence-corrected chi connectivity index (χ3v) is 4.32. The number of anilines is 1. The highest BCUT2D eigenvalue weighted by atomic mass is 16.5. The summed E-state index contributed by atoms with van der Waals surface area (Å²) in [7, 11) is 1.34. The summed E-state index contributed by atoms with van der Waals surface area (Å²) in [6.45, 7) is 3.74. The van der Waals surface area contributed by atoms with E-state index >= 15 is 0 Å². The topological polar surface area (TPSA) is 58.6 Å². The van der Waals surface area contributed by atoms with E-state index in [2.05, 4.69) is 5.32 Å². The summed E-state index contributed by atoms with van der Waals surface area (Å²) >= 11 is 0. The number of hydrogen-bond acceptors (Lipinski definition) is 3. The number of ether oxygens (including phenoxy) is 1. The van der Waals surface area contributed by atoms with Gasteiger partial charge in [-0.05, 0) is 31.5 Å². The summed E-state index contributed by atoms with van der Waals surface area (Å²) in [5, 5.41) is 2.92. The molecule has 0 aromatic heterocycles. The van der Waals surface area contributed by atoms with Crippen LogP contribution in [-0.2, 0) is 9.53 Å². The van der Waals surface area contributed by atoms with E-state index in [-0.39, 0.29) is 6.03 Å². The average molecular weight is 336 g/mol. The largest absolute Gasteiger partial charge is 0.466 e. The number of nitrogens with zero attached hydrogens (tertiary/aromatic N) is 1. The Hall–Kier alpha value is -3.08. The molecule has 0 radical (unpaired) electrons. The van der Waals surface area contributed by atoms with Crippen LogP contribution in [0.2, 0.25) is 0 Å². The van der Waals surface area contributed by atoms with E-state index < -0.39 is 12.0 Å². The predicted molar refractivity (Wildman–Crippen MR) is 96.1 cm³/mol. The van der Waals surface area contributed by atoms with Crippen LogP contribution in [0.4, 0.5) is 10.5 Å². The zero-order chi connectivity index (χ0) is 18.0. The van der Waals surface area contributed by atoms with Crippen molar-refractivity contribution in [2.24, 2.45) is 0 Å². The van der Waals surface area contributed by atoms with Crippen molar-refractivity contribution in [3.63, 3.8) is 0 Å². The number of nitrogens with one attached hydrogen (secondary N) is 1. The molecule has 128 valence electrons. The minimum atomic E-state index is -0.539. The van der Waals surface area contributed by atoms with Gasteiger partial charge >= 0.3 is 12.0 Å². The summed E-state index contributed by atoms with van der Waals surface area (Å²) < 4.78 is 4.98. The molecular weight excluding hydrogens is 316 g/mol. The summed E-state index contributed by atoms with van der Waals surface area (Å²) in [5.41, 5.74) is 3.62. The fourth-order valence-electron chi connectivity index (χ4n) is 3.02. The molecule has 0 aliphatic carbocycles. The van der Waals surface area contributed by atoms with Gasteiger partial charge in [0.2, 0.25) is 0 Å². The fraction of sp³-hybridized carbons (Fsp3) is 0.200.